The standard InChI is InChI=1S/C21H19F3N2O3/c1-20(2)19(28)29-17-8-5-14(11-16(17)26-20)12-25-18(27)15-6-3-13(4-7-15)9-10-21(22,23)24/h3-11,26H,12H2,1-2H3,(H,25,27)/b10-9+. The fraction of sp³-hybridized carbons (Fsp3) is 0.238. The molecule has 2 N–H and O–H groups in total. The summed E-state index contributed by atoms with van der Waals surface area (Å²) in [4.78, 5) is 24.1. The molecule has 2 aromatic carbocycles. The van der Waals surface area contributed by atoms with E-state index < -0.39 is 11.7 Å². The Morgan fingerprint density at radius 3 is 2.52 bits per heavy atom. The van der Waals surface area contributed by atoms with E-state index in [1.165, 1.54) is 24.3 Å². The Morgan fingerprint density at radius 2 is 1.86 bits per heavy atom. The number of fused-ring (bicyclic) bond motifs is 1. The molecule has 1 heterocycles. The monoisotopic (exact) mass is 404 g/mol. The second-order valence-electron chi connectivity index (χ2n) is 7.15. The molecular weight excluding hydrogens is 385 g/mol. The Bertz CT molecular complexity index is 964. The van der Waals surface area contributed by atoms with Crippen LogP contribution in [-0.2, 0) is 11.3 Å². The van der Waals surface area contributed by atoms with Crippen LogP contribution in [0.5, 0.6) is 5.75 Å². The van der Waals surface area contributed by atoms with Gasteiger partial charge in [-0.15, -0.1) is 0 Å². The zero-order valence-corrected chi connectivity index (χ0v) is 15.8. The highest BCUT2D eigenvalue weighted by molar-refractivity contribution is 5.94. The van der Waals surface area contributed by atoms with E-state index >= 15 is 0 Å². The van der Waals surface area contributed by atoms with Gasteiger partial charge in [0.25, 0.3) is 5.91 Å². The van der Waals surface area contributed by atoms with Gasteiger partial charge in [0.15, 0.2) is 5.75 Å². The number of rotatable bonds is 4. The molecule has 1 aliphatic rings. The molecule has 0 aliphatic carbocycles. The van der Waals surface area contributed by atoms with Crippen molar-refractivity contribution in [2.45, 2.75) is 32.1 Å². The number of amides is 1. The predicted octanol–water partition coefficient (Wildman–Crippen LogP) is 4.30. The van der Waals surface area contributed by atoms with Crippen molar-refractivity contribution in [1.82, 2.24) is 5.32 Å². The minimum atomic E-state index is -4.38. The average molecular weight is 404 g/mol. The lowest BCUT2D eigenvalue weighted by Crippen LogP contribution is -2.46. The lowest BCUT2D eigenvalue weighted by atomic mass is 10.0. The smallest absolute Gasteiger partial charge is 0.409 e. The Morgan fingerprint density at radius 1 is 1.17 bits per heavy atom. The number of carbonyl (C=O) groups excluding carboxylic acids is 2. The van der Waals surface area contributed by atoms with Crippen LogP contribution < -0.4 is 15.4 Å². The summed E-state index contributed by atoms with van der Waals surface area (Å²) in [5.41, 5.74) is 1.28. The number of halogens is 3. The van der Waals surface area contributed by atoms with Crippen molar-refractivity contribution in [3.8, 4) is 5.75 Å². The molecule has 0 saturated carbocycles. The lowest BCUT2D eigenvalue weighted by Gasteiger charge is -2.31. The molecule has 0 atom stereocenters. The molecular formula is C21H19F3N2O3. The number of ether oxygens (including phenoxy) is 1. The predicted molar refractivity (Wildman–Crippen MR) is 102 cm³/mol. The number of allylic oxidation sites excluding steroid dienone is 1. The summed E-state index contributed by atoms with van der Waals surface area (Å²) >= 11 is 0. The Kier molecular flexibility index (Phi) is 5.37. The molecule has 0 unspecified atom stereocenters. The number of carbonyl (C=O) groups is 2. The van der Waals surface area contributed by atoms with Crippen molar-refractivity contribution in [2.75, 3.05) is 5.32 Å². The number of hydrogen-bond acceptors (Lipinski definition) is 4. The van der Waals surface area contributed by atoms with Crippen LogP contribution >= 0.6 is 0 Å². The fourth-order valence-corrected chi connectivity index (χ4v) is 2.71. The van der Waals surface area contributed by atoms with Crippen LogP contribution in [0, 0.1) is 0 Å². The van der Waals surface area contributed by atoms with E-state index in [0.717, 1.165) is 11.6 Å². The minimum Gasteiger partial charge on any atom is -0.423 e. The first kappa shape index (κ1) is 20.4. The highest BCUT2D eigenvalue weighted by Gasteiger charge is 2.35. The van der Waals surface area contributed by atoms with E-state index in [9.17, 15) is 22.8 Å². The average Bonchev–Trinajstić information content (AvgIpc) is 2.65. The first-order valence-electron chi connectivity index (χ1n) is 8.81. The second-order valence-corrected chi connectivity index (χ2v) is 7.15. The maximum absolute atomic E-state index is 12.3. The van der Waals surface area contributed by atoms with Crippen molar-refractivity contribution >= 4 is 23.6 Å². The Balaban J connectivity index is 1.63. The quantitative estimate of drug-likeness (QED) is 0.589. The van der Waals surface area contributed by atoms with Crippen LogP contribution in [0.15, 0.2) is 48.5 Å². The second kappa shape index (κ2) is 7.62. The Hall–Kier alpha value is -3.29. The van der Waals surface area contributed by atoms with Gasteiger partial charge < -0.3 is 15.4 Å². The first-order valence-corrected chi connectivity index (χ1v) is 8.81. The van der Waals surface area contributed by atoms with Crippen LogP contribution in [-0.4, -0.2) is 23.6 Å². The highest BCUT2D eigenvalue weighted by Crippen LogP contribution is 2.33. The van der Waals surface area contributed by atoms with Gasteiger partial charge in [0.2, 0.25) is 0 Å². The van der Waals surface area contributed by atoms with Gasteiger partial charge in [0.05, 0.1) is 5.69 Å². The molecule has 0 radical (unpaired) electrons. The maximum Gasteiger partial charge on any atom is 0.409 e. The van der Waals surface area contributed by atoms with Gasteiger partial charge >= 0.3 is 12.1 Å². The maximum atomic E-state index is 12.3. The first-order chi connectivity index (χ1) is 13.5. The summed E-state index contributed by atoms with van der Waals surface area (Å²) in [7, 11) is 0. The van der Waals surface area contributed by atoms with Crippen molar-refractivity contribution in [3.05, 3.63) is 65.2 Å². The molecule has 29 heavy (non-hydrogen) atoms. The molecule has 5 nitrogen and oxygen atoms in total. The van der Waals surface area contributed by atoms with Crippen molar-refractivity contribution in [2.24, 2.45) is 0 Å². The fourth-order valence-electron chi connectivity index (χ4n) is 2.71. The number of esters is 1. The van der Waals surface area contributed by atoms with Gasteiger partial charge in [0.1, 0.15) is 5.54 Å². The number of anilines is 1. The SMILES string of the molecule is CC1(C)Nc2cc(CNC(=O)c3ccc(/C=C/C(F)(F)F)cc3)ccc2OC1=O. The van der Waals surface area contributed by atoms with E-state index in [1.54, 1.807) is 32.0 Å². The molecule has 0 aromatic heterocycles. The highest BCUT2D eigenvalue weighted by atomic mass is 19.4. The van der Waals surface area contributed by atoms with E-state index in [4.69, 9.17) is 4.74 Å². The van der Waals surface area contributed by atoms with E-state index in [1.807, 2.05) is 0 Å². The summed E-state index contributed by atoms with van der Waals surface area (Å²) < 4.78 is 41.9. The zero-order valence-electron chi connectivity index (χ0n) is 15.8. The molecule has 0 spiro atoms. The number of alkyl halides is 3. The van der Waals surface area contributed by atoms with E-state index in [0.29, 0.717) is 22.6 Å². The van der Waals surface area contributed by atoms with Crippen LogP contribution in [0.3, 0.4) is 0 Å². The van der Waals surface area contributed by atoms with Crippen molar-refractivity contribution < 1.29 is 27.5 Å². The summed E-state index contributed by atoms with van der Waals surface area (Å²) in [5.74, 6) is -0.305. The molecule has 0 fully saturated rings. The molecule has 2 aromatic rings. The zero-order chi connectivity index (χ0) is 21.2. The van der Waals surface area contributed by atoms with Gasteiger partial charge in [0, 0.05) is 18.2 Å². The van der Waals surface area contributed by atoms with Crippen LogP contribution in [0.2, 0.25) is 0 Å². The summed E-state index contributed by atoms with van der Waals surface area (Å²) in [6.07, 6.45) is -3.30. The van der Waals surface area contributed by atoms with E-state index in [2.05, 4.69) is 10.6 Å². The molecule has 0 saturated heterocycles. The summed E-state index contributed by atoms with van der Waals surface area (Å²) in [6, 6.07) is 11.0. The van der Waals surface area contributed by atoms with Crippen LogP contribution in [0.4, 0.5) is 18.9 Å². The van der Waals surface area contributed by atoms with Gasteiger partial charge in [-0.05, 0) is 49.2 Å². The molecule has 152 valence electrons. The van der Waals surface area contributed by atoms with Crippen LogP contribution in [0.25, 0.3) is 6.08 Å². The molecule has 0 bridgehead atoms. The van der Waals surface area contributed by atoms with Gasteiger partial charge in [-0.3, -0.25) is 4.79 Å². The third-order valence-electron chi connectivity index (χ3n) is 4.29. The third kappa shape index (κ3) is 5.16. The summed E-state index contributed by atoms with van der Waals surface area (Å²) in [6.45, 7) is 3.65. The molecule has 1 amide bonds. The number of hydrogen-bond donors (Lipinski definition) is 2. The van der Waals surface area contributed by atoms with Gasteiger partial charge in [-0.1, -0.05) is 24.3 Å². The van der Waals surface area contributed by atoms with Gasteiger partial charge in [-0.2, -0.15) is 13.2 Å². The normalized spacial score (nSPS) is 15.4. The molecule has 8 heteroatoms. The molecule has 3 rings (SSSR count). The lowest BCUT2D eigenvalue weighted by molar-refractivity contribution is -0.139. The topological polar surface area (TPSA) is 67.4 Å². The van der Waals surface area contributed by atoms with Crippen molar-refractivity contribution in [1.29, 1.82) is 0 Å². The van der Waals surface area contributed by atoms with E-state index in [-0.39, 0.29) is 24.5 Å². The summed E-state index contributed by atoms with van der Waals surface area (Å²) in [5, 5.41) is 5.86. The largest absolute Gasteiger partial charge is 0.423 e. The molecule has 1 aliphatic heterocycles. The number of nitrogens with one attached hydrogen (secondary N) is 2. The number of benzene rings is 2. The third-order valence-corrected chi connectivity index (χ3v) is 4.29. The van der Waals surface area contributed by atoms with Gasteiger partial charge in [-0.25, -0.2) is 4.79 Å². The van der Waals surface area contributed by atoms with Crippen molar-refractivity contribution in [3.63, 3.8) is 0 Å². The van der Waals surface area contributed by atoms with Crippen LogP contribution in [0.1, 0.15) is 35.3 Å². The Labute approximate surface area is 165 Å². The minimum absolute atomic E-state index is 0.144.